The number of urea groups is 1. The fraction of sp³-hybridized carbons (Fsp3) is 0.227. The molecule has 3 N–H and O–H groups in total. The van der Waals surface area contributed by atoms with Crippen molar-refractivity contribution in [1.82, 2.24) is 29.9 Å². The first-order valence-corrected chi connectivity index (χ1v) is 10.1. The summed E-state index contributed by atoms with van der Waals surface area (Å²) in [7, 11) is 1.72. The maximum Gasteiger partial charge on any atom is 0.324 e. The highest BCUT2D eigenvalue weighted by atomic mass is 19.1. The molecule has 0 aliphatic heterocycles. The van der Waals surface area contributed by atoms with Gasteiger partial charge in [-0.3, -0.25) is 15.1 Å². The molecule has 2 amide bonds. The number of carbonyl (C=O) groups excluding carboxylic acids is 1. The highest BCUT2D eigenvalue weighted by Crippen LogP contribution is 2.27. The van der Waals surface area contributed by atoms with E-state index in [9.17, 15) is 9.18 Å². The van der Waals surface area contributed by atoms with E-state index in [1.807, 2.05) is 20.8 Å². The monoisotopic (exact) mass is 450 g/mol. The van der Waals surface area contributed by atoms with E-state index >= 15 is 0 Å². The van der Waals surface area contributed by atoms with Gasteiger partial charge in [-0.15, -0.1) is 0 Å². The fourth-order valence-corrected chi connectivity index (χ4v) is 2.95. The van der Waals surface area contributed by atoms with Crippen molar-refractivity contribution in [3.8, 4) is 22.9 Å². The molecule has 0 spiro atoms. The molecule has 0 saturated carbocycles. The minimum Gasteiger partial charge on any atom is -0.439 e. The van der Waals surface area contributed by atoms with E-state index in [1.54, 1.807) is 36.3 Å². The lowest BCUT2D eigenvalue weighted by Gasteiger charge is -2.13. The molecule has 0 bridgehead atoms. The van der Waals surface area contributed by atoms with Gasteiger partial charge in [0.1, 0.15) is 23.7 Å². The second kappa shape index (κ2) is 8.69. The Morgan fingerprint density at radius 1 is 1.15 bits per heavy atom. The van der Waals surface area contributed by atoms with Gasteiger partial charge in [0.25, 0.3) is 0 Å². The Hall–Kier alpha value is -4.28. The van der Waals surface area contributed by atoms with Crippen LogP contribution in [0.4, 0.5) is 20.7 Å². The second-order valence-corrected chi connectivity index (χ2v) is 8.34. The number of nitrogens with zero attached hydrogens (tertiary/aromatic N) is 5. The number of H-pyrrole nitrogens is 1. The van der Waals surface area contributed by atoms with Crippen LogP contribution in [0.5, 0.6) is 11.6 Å². The smallest absolute Gasteiger partial charge is 0.324 e. The quantitative estimate of drug-likeness (QED) is 0.412. The van der Waals surface area contributed by atoms with Gasteiger partial charge < -0.3 is 10.1 Å². The Labute approximate surface area is 189 Å². The van der Waals surface area contributed by atoms with Gasteiger partial charge in [-0.05, 0) is 12.1 Å². The predicted octanol–water partition coefficient (Wildman–Crippen LogP) is 4.47. The molecule has 170 valence electrons. The SMILES string of the molecule is Cn1nc(C(C)(C)C)cc1NC(=O)Nc1ccc(Oc2cc(-c3cn[nH]c3)ncn2)cc1F. The first-order chi connectivity index (χ1) is 15.7. The first-order valence-electron chi connectivity index (χ1n) is 10.1. The summed E-state index contributed by atoms with van der Waals surface area (Å²) in [6.07, 6.45) is 4.65. The zero-order valence-corrected chi connectivity index (χ0v) is 18.5. The molecular formula is C22H23FN8O2. The number of aromatic nitrogens is 6. The predicted molar refractivity (Wildman–Crippen MR) is 121 cm³/mol. The van der Waals surface area contributed by atoms with Crippen LogP contribution in [-0.2, 0) is 12.5 Å². The lowest BCUT2D eigenvalue weighted by atomic mass is 9.92. The molecule has 0 radical (unpaired) electrons. The van der Waals surface area contributed by atoms with E-state index in [0.29, 0.717) is 11.5 Å². The number of rotatable bonds is 5. The van der Waals surface area contributed by atoms with Crippen molar-refractivity contribution in [2.24, 2.45) is 7.05 Å². The van der Waals surface area contributed by atoms with E-state index in [4.69, 9.17) is 4.74 Å². The summed E-state index contributed by atoms with van der Waals surface area (Å²) in [6, 6.07) is 6.91. The number of hydrogen-bond acceptors (Lipinski definition) is 6. The van der Waals surface area contributed by atoms with Crippen LogP contribution in [-0.4, -0.2) is 36.0 Å². The third-order valence-corrected chi connectivity index (χ3v) is 4.74. The lowest BCUT2D eigenvalue weighted by molar-refractivity contribution is 0.262. The van der Waals surface area contributed by atoms with E-state index in [0.717, 1.165) is 17.3 Å². The molecule has 0 atom stereocenters. The molecule has 0 saturated heterocycles. The number of aromatic amines is 1. The molecule has 3 heterocycles. The average Bonchev–Trinajstić information content (AvgIpc) is 3.41. The van der Waals surface area contributed by atoms with E-state index in [1.165, 1.54) is 18.5 Å². The number of amides is 2. The van der Waals surface area contributed by atoms with Gasteiger partial charge in [-0.25, -0.2) is 19.2 Å². The Balaban J connectivity index is 1.42. The van der Waals surface area contributed by atoms with Gasteiger partial charge in [-0.1, -0.05) is 20.8 Å². The molecule has 11 heteroatoms. The Kier molecular flexibility index (Phi) is 5.78. The summed E-state index contributed by atoms with van der Waals surface area (Å²) < 4.78 is 21.8. The van der Waals surface area contributed by atoms with Gasteiger partial charge in [0.15, 0.2) is 0 Å². The van der Waals surface area contributed by atoms with Crippen LogP contribution in [0.25, 0.3) is 11.3 Å². The molecule has 10 nitrogen and oxygen atoms in total. The van der Waals surface area contributed by atoms with E-state index < -0.39 is 11.8 Å². The molecule has 33 heavy (non-hydrogen) atoms. The van der Waals surface area contributed by atoms with Crippen LogP contribution in [0.15, 0.2) is 49.1 Å². The maximum absolute atomic E-state index is 14.6. The number of benzene rings is 1. The van der Waals surface area contributed by atoms with Crippen LogP contribution in [0.3, 0.4) is 0 Å². The highest BCUT2D eigenvalue weighted by Gasteiger charge is 2.20. The molecule has 4 aromatic rings. The van der Waals surface area contributed by atoms with Crippen molar-refractivity contribution in [3.63, 3.8) is 0 Å². The molecule has 0 aliphatic carbocycles. The summed E-state index contributed by atoms with van der Waals surface area (Å²) in [4.78, 5) is 20.6. The molecule has 4 rings (SSSR count). The topological polar surface area (TPSA) is 123 Å². The van der Waals surface area contributed by atoms with Crippen LogP contribution >= 0.6 is 0 Å². The summed E-state index contributed by atoms with van der Waals surface area (Å²) in [5, 5.41) is 16.2. The third kappa shape index (κ3) is 5.14. The van der Waals surface area contributed by atoms with Crippen molar-refractivity contribution in [2.45, 2.75) is 26.2 Å². The number of ether oxygens (including phenoxy) is 1. The maximum atomic E-state index is 14.6. The summed E-state index contributed by atoms with van der Waals surface area (Å²) in [5.41, 5.74) is 2.03. The van der Waals surface area contributed by atoms with Crippen LogP contribution < -0.4 is 15.4 Å². The molecule has 0 aliphatic rings. The molecule has 3 aromatic heterocycles. The normalized spacial score (nSPS) is 11.3. The van der Waals surface area contributed by atoms with Crippen molar-refractivity contribution >= 4 is 17.5 Å². The molecular weight excluding hydrogens is 427 g/mol. The van der Waals surface area contributed by atoms with Crippen LogP contribution in [0.1, 0.15) is 26.5 Å². The number of aryl methyl sites for hydroxylation is 1. The third-order valence-electron chi connectivity index (χ3n) is 4.74. The Morgan fingerprint density at radius 3 is 2.64 bits per heavy atom. The number of anilines is 2. The van der Waals surface area contributed by atoms with Gasteiger partial charge in [-0.2, -0.15) is 10.2 Å². The molecule has 0 unspecified atom stereocenters. The van der Waals surface area contributed by atoms with Crippen LogP contribution in [0.2, 0.25) is 0 Å². The minimum atomic E-state index is -0.660. The largest absolute Gasteiger partial charge is 0.439 e. The number of halogens is 1. The standard InChI is InChI=1S/C22H23FN8O2/c1-22(2,3)18-9-19(31(4)30-18)29-21(32)28-16-6-5-14(7-15(16)23)33-20-8-17(24-12-25-20)13-10-26-27-11-13/h5-12H,1-4H3,(H,26,27)(H2,28,29,32). The second-order valence-electron chi connectivity index (χ2n) is 8.34. The zero-order chi connectivity index (χ0) is 23.6. The van der Waals surface area contributed by atoms with Crippen molar-refractivity contribution in [2.75, 3.05) is 10.6 Å². The van der Waals surface area contributed by atoms with E-state index in [2.05, 4.69) is 35.9 Å². The Bertz CT molecular complexity index is 1280. The summed E-state index contributed by atoms with van der Waals surface area (Å²) in [5.74, 6) is 0.295. The lowest BCUT2D eigenvalue weighted by Crippen LogP contribution is -2.21. The zero-order valence-electron chi connectivity index (χ0n) is 18.5. The Morgan fingerprint density at radius 2 is 1.97 bits per heavy atom. The molecule has 0 fully saturated rings. The average molecular weight is 450 g/mol. The number of nitrogens with one attached hydrogen (secondary N) is 3. The molecule has 1 aromatic carbocycles. The van der Waals surface area contributed by atoms with Gasteiger partial charge in [0.05, 0.1) is 23.3 Å². The van der Waals surface area contributed by atoms with Crippen molar-refractivity contribution < 1.29 is 13.9 Å². The first kappa shape index (κ1) is 21.9. The van der Waals surface area contributed by atoms with Crippen LogP contribution in [0, 0.1) is 5.82 Å². The van der Waals surface area contributed by atoms with Gasteiger partial charge in [0, 0.05) is 42.4 Å². The van der Waals surface area contributed by atoms with Gasteiger partial charge >= 0.3 is 6.03 Å². The van der Waals surface area contributed by atoms with Crippen molar-refractivity contribution in [1.29, 1.82) is 0 Å². The fourth-order valence-electron chi connectivity index (χ4n) is 2.95. The number of hydrogen-bond donors (Lipinski definition) is 3. The number of carbonyl (C=O) groups is 1. The highest BCUT2D eigenvalue weighted by molar-refractivity contribution is 5.99. The summed E-state index contributed by atoms with van der Waals surface area (Å²) >= 11 is 0. The summed E-state index contributed by atoms with van der Waals surface area (Å²) in [6.45, 7) is 6.08. The van der Waals surface area contributed by atoms with E-state index in [-0.39, 0.29) is 22.7 Å². The minimum absolute atomic E-state index is 0.000151. The van der Waals surface area contributed by atoms with Gasteiger partial charge in [0.2, 0.25) is 5.88 Å². The van der Waals surface area contributed by atoms with Crippen molar-refractivity contribution in [3.05, 3.63) is 60.6 Å².